The Hall–Kier alpha value is -1.07. The number of fused-ring (bicyclic) bond motifs is 1. The Morgan fingerprint density at radius 2 is 1.90 bits per heavy atom. The van der Waals surface area contributed by atoms with Crippen molar-refractivity contribution in [3.05, 3.63) is 29.3 Å². The van der Waals surface area contributed by atoms with Gasteiger partial charge in [0.15, 0.2) is 0 Å². The normalized spacial score (nSPS) is 21.6. The molecule has 0 bridgehead atoms. The van der Waals surface area contributed by atoms with Crippen molar-refractivity contribution in [2.24, 2.45) is 0 Å². The molecule has 1 fully saturated rings. The zero-order chi connectivity index (χ0) is 14.2. The summed E-state index contributed by atoms with van der Waals surface area (Å²) < 4.78 is 27.1. The van der Waals surface area contributed by atoms with E-state index in [2.05, 4.69) is 0 Å². The molecule has 1 saturated carbocycles. The third kappa shape index (κ3) is 2.44. The van der Waals surface area contributed by atoms with Gasteiger partial charge in [-0.05, 0) is 36.5 Å². The molecule has 110 valence electrons. The maximum atomic E-state index is 12.7. The summed E-state index contributed by atoms with van der Waals surface area (Å²) in [5.74, 6) is 0. The second kappa shape index (κ2) is 5.37. The van der Waals surface area contributed by atoms with Gasteiger partial charge >= 0.3 is 0 Å². The molecule has 0 aromatic heterocycles. The van der Waals surface area contributed by atoms with Crippen molar-refractivity contribution in [2.45, 2.75) is 50.3 Å². The molecule has 0 saturated heterocycles. The van der Waals surface area contributed by atoms with E-state index in [0.29, 0.717) is 13.1 Å². The summed E-state index contributed by atoms with van der Waals surface area (Å²) in [4.78, 5) is 0. The summed E-state index contributed by atoms with van der Waals surface area (Å²) in [6.07, 6.45) is 5.63. The summed E-state index contributed by atoms with van der Waals surface area (Å²) in [6.45, 7) is 1.05. The van der Waals surface area contributed by atoms with Gasteiger partial charge in [0, 0.05) is 18.8 Å². The smallest absolute Gasteiger partial charge is 0.217 e. The zero-order valence-corrected chi connectivity index (χ0v) is 12.5. The molecule has 4 nitrogen and oxygen atoms in total. The lowest BCUT2D eigenvalue weighted by Crippen LogP contribution is -2.42. The van der Waals surface area contributed by atoms with E-state index in [9.17, 15) is 8.42 Å². The lowest BCUT2D eigenvalue weighted by Gasteiger charge is -2.33. The van der Waals surface area contributed by atoms with E-state index in [1.165, 1.54) is 6.42 Å². The molecular weight excluding hydrogens is 272 g/mol. The molecule has 0 spiro atoms. The monoisotopic (exact) mass is 294 g/mol. The molecule has 20 heavy (non-hydrogen) atoms. The molecule has 5 heteroatoms. The van der Waals surface area contributed by atoms with Crippen molar-refractivity contribution in [3.63, 3.8) is 0 Å². The van der Waals surface area contributed by atoms with Crippen LogP contribution < -0.4 is 5.73 Å². The van der Waals surface area contributed by atoms with E-state index in [1.54, 1.807) is 4.31 Å². The fraction of sp³-hybridized carbons (Fsp3) is 0.600. The minimum atomic E-state index is -3.15. The van der Waals surface area contributed by atoms with Crippen LogP contribution in [0.25, 0.3) is 0 Å². The molecule has 1 aliphatic heterocycles. The molecule has 0 radical (unpaired) electrons. The Morgan fingerprint density at radius 3 is 2.65 bits per heavy atom. The number of rotatable bonds is 2. The SMILES string of the molecule is Nc1cccc2c1CCN(S(=O)(=O)C1CCCCC1)C2. The molecule has 0 amide bonds. The van der Waals surface area contributed by atoms with Gasteiger partial charge in [0.1, 0.15) is 0 Å². The number of hydrogen-bond donors (Lipinski definition) is 1. The number of anilines is 1. The van der Waals surface area contributed by atoms with Gasteiger partial charge in [-0.15, -0.1) is 0 Å². The zero-order valence-electron chi connectivity index (χ0n) is 11.7. The molecule has 1 aliphatic carbocycles. The van der Waals surface area contributed by atoms with Gasteiger partial charge in [-0.3, -0.25) is 0 Å². The minimum absolute atomic E-state index is 0.168. The maximum Gasteiger partial charge on any atom is 0.217 e. The van der Waals surface area contributed by atoms with Crippen molar-refractivity contribution >= 4 is 15.7 Å². The fourth-order valence-corrected chi connectivity index (χ4v) is 5.42. The topological polar surface area (TPSA) is 63.4 Å². The van der Waals surface area contributed by atoms with Crippen LogP contribution in [0.4, 0.5) is 5.69 Å². The number of nitrogens with two attached hydrogens (primary N) is 1. The summed E-state index contributed by atoms with van der Waals surface area (Å²) >= 11 is 0. The van der Waals surface area contributed by atoms with Crippen LogP contribution in [0.5, 0.6) is 0 Å². The maximum absolute atomic E-state index is 12.7. The Labute approximate surface area is 121 Å². The van der Waals surface area contributed by atoms with E-state index in [0.717, 1.165) is 48.9 Å². The highest BCUT2D eigenvalue weighted by atomic mass is 32.2. The van der Waals surface area contributed by atoms with E-state index < -0.39 is 10.0 Å². The summed E-state index contributed by atoms with van der Waals surface area (Å²) in [6, 6.07) is 5.79. The second-order valence-electron chi connectivity index (χ2n) is 5.87. The first kappa shape index (κ1) is 13.9. The average molecular weight is 294 g/mol. The van der Waals surface area contributed by atoms with Crippen LogP contribution in [-0.2, 0) is 23.0 Å². The first-order valence-corrected chi connectivity index (χ1v) is 8.94. The van der Waals surface area contributed by atoms with Gasteiger partial charge in [0.25, 0.3) is 0 Å². The molecule has 2 aliphatic rings. The largest absolute Gasteiger partial charge is 0.398 e. The van der Waals surface area contributed by atoms with Crippen LogP contribution in [0.2, 0.25) is 0 Å². The van der Waals surface area contributed by atoms with Crippen molar-refractivity contribution in [1.29, 1.82) is 0 Å². The van der Waals surface area contributed by atoms with Crippen LogP contribution in [0, 0.1) is 0 Å². The predicted octanol–water partition coefficient (Wildman–Crippen LogP) is 2.29. The molecule has 1 aromatic carbocycles. The molecule has 1 aromatic rings. The van der Waals surface area contributed by atoms with E-state index in [4.69, 9.17) is 5.73 Å². The quantitative estimate of drug-likeness (QED) is 0.851. The molecule has 2 N–H and O–H groups in total. The van der Waals surface area contributed by atoms with Crippen molar-refractivity contribution in [1.82, 2.24) is 4.31 Å². The van der Waals surface area contributed by atoms with Gasteiger partial charge in [-0.1, -0.05) is 31.4 Å². The lowest BCUT2D eigenvalue weighted by atomic mass is 9.99. The minimum Gasteiger partial charge on any atom is -0.398 e. The standard InChI is InChI=1S/C15H22N2O2S/c16-15-8-4-5-12-11-17(10-9-14(12)15)20(18,19)13-6-2-1-3-7-13/h4-5,8,13H,1-3,6-7,9-11,16H2. The van der Waals surface area contributed by atoms with Crippen molar-refractivity contribution in [3.8, 4) is 0 Å². The van der Waals surface area contributed by atoms with Gasteiger partial charge in [-0.25, -0.2) is 8.42 Å². The van der Waals surface area contributed by atoms with E-state index >= 15 is 0 Å². The van der Waals surface area contributed by atoms with Crippen LogP contribution >= 0.6 is 0 Å². The number of hydrogen-bond acceptors (Lipinski definition) is 3. The van der Waals surface area contributed by atoms with E-state index in [1.807, 2.05) is 18.2 Å². The molecule has 1 heterocycles. The molecule has 0 unspecified atom stereocenters. The summed E-state index contributed by atoms with van der Waals surface area (Å²) in [5.41, 5.74) is 8.95. The molecular formula is C15H22N2O2S. The predicted molar refractivity (Wildman–Crippen MR) is 80.8 cm³/mol. The van der Waals surface area contributed by atoms with Crippen LogP contribution in [0.15, 0.2) is 18.2 Å². The molecule has 0 atom stereocenters. The lowest BCUT2D eigenvalue weighted by molar-refractivity contribution is 0.371. The first-order valence-electron chi connectivity index (χ1n) is 7.44. The second-order valence-corrected chi connectivity index (χ2v) is 8.09. The Kier molecular flexibility index (Phi) is 3.73. The summed E-state index contributed by atoms with van der Waals surface area (Å²) in [5, 5.41) is -0.168. The fourth-order valence-electron chi connectivity index (χ4n) is 3.40. The van der Waals surface area contributed by atoms with Crippen molar-refractivity contribution in [2.75, 3.05) is 12.3 Å². The third-order valence-corrected chi connectivity index (χ3v) is 6.95. The third-order valence-electron chi connectivity index (χ3n) is 4.60. The highest BCUT2D eigenvalue weighted by Crippen LogP contribution is 2.31. The Bertz CT molecular complexity index is 592. The number of sulfonamides is 1. The Balaban J connectivity index is 1.82. The van der Waals surface area contributed by atoms with Gasteiger partial charge in [0.2, 0.25) is 10.0 Å². The highest BCUT2D eigenvalue weighted by molar-refractivity contribution is 7.89. The van der Waals surface area contributed by atoms with Crippen LogP contribution in [-0.4, -0.2) is 24.5 Å². The average Bonchev–Trinajstić information content (AvgIpc) is 2.48. The highest BCUT2D eigenvalue weighted by Gasteiger charge is 2.34. The summed E-state index contributed by atoms with van der Waals surface area (Å²) in [7, 11) is -3.15. The van der Waals surface area contributed by atoms with E-state index in [-0.39, 0.29) is 5.25 Å². The van der Waals surface area contributed by atoms with Crippen LogP contribution in [0.3, 0.4) is 0 Å². The number of benzene rings is 1. The van der Waals surface area contributed by atoms with Gasteiger partial charge < -0.3 is 5.73 Å². The van der Waals surface area contributed by atoms with Gasteiger partial charge in [-0.2, -0.15) is 4.31 Å². The van der Waals surface area contributed by atoms with Crippen molar-refractivity contribution < 1.29 is 8.42 Å². The van der Waals surface area contributed by atoms with Crippen LogP contribution in [0.1, 0.15) is 43.2 Å². The Morgan fingerprint density at radius 1 is 1.15 bits per heavy atom. The number of nitrogens with zero attached hydrogens (tertiary/aromatic N) is 1. The first-order chi connectivity index (χ1) is 9.59. The molecule has 3 rings (SSSR count). The van der Waals surface area contributed by atoms with Gasteiger partial charge in [0.05, 0.1) is 5.25 Å². The number of nitrogen functional groups attached to an aromatic ring is 1.